The van der Waals surface area contributed by atoms with Crippen molar-refractivity contribution < 1.29 is 9.90 Å². The number of hydrogen-bond donors (Lipinski definition) is 1. The first kappa shape index (κ1) is 10.9. The van der Waals surface area contributed by atoms with Crippen LogP contribution in [-0.2, 0) is 4.79 Å². The van der Waals surface area contributed by atoms with Crippen LogP contribution in [0.4, 0.5) is 0 Å². The molecule has 0 aliphatic heterocycles. The van der Waals surface area contributed by atoms with Crippen molar-refractivity contribution >= 4 is 26.3 Å². The molecule has 0 aliphatic rings. The SMILES string of the molecule is C=CC(=O)O.[CH3][Mg][CH3]. The smallest absolute Gasteiger partial charge is 0.356 e. The third kappa shape index (κ3) is 37.9. The van der Waals surface area contributed by atoms with E-state index in [9.17, 15) is 4.79 Å². The van der Waals surface area contributed by atoms with Crippen molar-refractivity contribution in [1.82, 2.24) is 0 Å². The summed E-state index contributed by atoms with van der Waals surface area (Å²) in [6, 6.07) is 0. The van der Waals surface area contributed by atoms with Crippen molar-refractivity contribution in [3.8, 4) is 0 Å². The lowest BCUT2D eigenvalue weighted by Crippen LogP contribution is -1.82. The van der Waals surface area contributed by atoms with Crippen LogP contribution in [0.5, 0.6) is 0 Å². The Labute approximate surface area is 59.3 Å². The summed E-state index contributed by atoms with van der Waals surface area (Å²) in [6.07, 6.45) is 0.833. The summed E-state index contributed by atoms with van der Waals surface area (Å²) in [5.74, 6) is -0.981. The summed E-state index contributed by atoms with van der Waals surface area (Å²) < 4.78 is 0. The summed E-state index contributed by atoms with van der Waals surface area (Å²) in [4.78, 5) is 9.25. The highest BCUT2D eigenvalue weighted by Gasteiger charge is 1.73. The van der Waals surface area contributed by atoms with Gasteiger partial charge in [0.05, 0.1) is 0 Å². The Hall–Kier alpha value is -0.0238. The van der Waals surface area contributed by atoms with E-state index in [0.717, 1.165) is 6.08 Å². The molecule has 8 heavy (non-hydrogen) atoms. The van der Waals surface area contributed by atoms with E-state index in [4.69, 9.17) is 5.11 Å². The molecule has 0 unspecified atom stereocenters. The van der Waals surface area contributed by atoms with Crippen LogP contribution >= 0.6 is 0 Å². The lowest BCUT2D eigenvalue weighted by atomic mass is 10.7. The van der Waals surface area contributed by atoms with Crippen molar-refractivity contribution in [3.05, 3.63) is 12.7 Å². The van der Waals surface area contributed by atoms with Gasteiger partial charge in [0.1, 0.15) is 0 Å². The van der Waals surface area contributed by atoms with Gasteiger partial charge in [-0.15, -0.1) is 0 Å². The zero-order valence-corrected chi connectivity index (χ0v) is 6.76. The molecule has 0 rings (SSSR count). The molecule has 0 aromatic heterocycles. The fourth-order valence-corrected chi connectivity index (χ4v) is 0. The average molecular weight is 126 g/mol. The minimum absolute atomic E-state index is 0.417. The number of carboxylic acids is 1. The third-order valence-electron chi connectivity index (χ3n) is 0.175. The lowest BCUT2D eigenvalue weighted by molar-refractivity contribution is -0.131. The highest BCUT2D eigenvalue weighted by molar-refractivity contribution is 6.31. The molecule has 0 spiro atoms. The van der Waals surface area contributed by atoms with Crippen LogP contribution in [0, 0.1) is 0 Å². The minimum atomic E-state index is -0.981. The van der Waals surface area contributed by atoms with Gasteiger partial charge in [-0.3, -0.25) is 0 Å². The molecule has 0 aromatic rings. The van der Waals surface area contributed by atoms with Gasteiger partial charge in [-0.25, -0.2) is 4.79 Å². The van der Waals surface area contributed by atoms with Gasteiger partial charge in [0, 0.05) is 6.08 Å². The van der Waals surface area contributed by atoms with Gasteiger partial charge >= 0.3 is 26.3 Å². The normalized spacial score (nSPS) is 5.25. The van der Waals surface area contributed by atoms with Crippen molar-refractivity contribution in [3.63, 3.8) is 0 Å². The fraction of sp³-hybridized carbons (Fsp3) is 0.400. The first-order chi connectivity index (χ1) is 3.68. The zero-order valence-electron chi connectivity index (χ0n) is 5.35. The summed E-state index contributed by atoms with van der Waals surface area (Å²) in [7, 11) is 0. The van der Waals surface area contributed by atoms with Gasteiger partial charge in [-0.1, -0.05) is 6.58 Å². The molecule has 0 bridgehead atoms. The topological polar surface area (TPSA) is 37.3 Å². The molecule has 0 atom stereocenters. The predicted octanol–water partition coefficient (Wildman–Crippen LogP) is 1.04. The minimum Gasteiger partial charge on any atom is -0.478 e. The Kier molecular flexibility index (Phi) is 13.7. The Bertz CT molecular complexity index is 70.8. The quantitative estimate of drug-likeness (QED) is 0.421. The maximum Gasteiger partial charge on any atom is 0.356 e. The first-order valence-electron chi connectivity index (χ1n) is 2.54. The Morgan fingerprint density at radius 1 is 1.75 bits per heavy atom. The molecule has 0 aromatic carbocycles. The van der Waals surface area contributed by atoms with E-state index in [1.54, 1.807) is 0 Å². The highest BCUT2D eigenvalue weighted by atomic mass is 24.5. The van der Waals surface area contributed by atoms with E-state index in [2.05, 4.69) is 16.7 Å². The van der Waals surface area contributed by atoms with E-state index in [1.165, 1.54) is 0 Å². The zero-order chi connectivity index (χ0) is 6.99. The molecular weight excluding hydrogens is 116 g/mol. The molecule has 3 heteroatoms. The van der Waals surface area contributed by atoms with Gasteiger partial charge in [-0.2, -0.15) is 10.1 Å². The van der Waals surface area contributed by atoms with Gasteiger partial charge < -0.3 is 5.11 Å². The van der Waals surface area contributed by atoms with Crippen molar-refractivity contribution in [1.29, 1.82) is 0 Å². The maximum absolute atomic E-state index is 9.25. The van der Waals surface area contributed by atoms with Gasteiger partial charge in [0.25, 0.3) is 0 Å². The lowest BCUT2D eigenvalue weighted by Gasteiger charge is -1.64. The number of aliphatic carboxylic acids is 1. The Morgan fingerprint density at radius 2 is 1.88 bits per heavy atom. The molecule has 44 valence electrons. The van der Waals surface area contributed by atoms with Crippen LogP contribution in [-0.4, -0.2) is 31.4 Å². The molecule has 2 nitrogen and oxygen atoms in total. The molecule has 1 N–H and O–H groups in total. The van der Waals surface area contributed by atoms with Crippen molar-refractivity contribution in [2.45, 2.75) is 10.1 Å². The Morgan fingerprint density at radius 3 is 1.88 bits per heavy atom. The molecule has 0 fully saturated rings. The van der Waals surface area contributed by atoms with E-state index < -0.39 is 5.97 Å². The molecule has 0 amide bonds. The van der Waals surface area contributed by atoms with Crippen LogP contribution in [0.1, 0.15) is 0 Å². The second-order valence-corrected chi connectivity index (χ2v) is 2.66. The van der Waals surface area contributed by atoms with Gasteiger partial charge in [0.2, 0.25) is 0 Å². The number of carbonyl (C=O) groups is 1. The number of carboxylic acid groups (broad SMARTS) is 1. The van der Waals surface area contributed by atoms with Crippen LogP contribution in [0.2, 0.25) is 10.1 Å². The third-order valence-corrected chi connectivity index (χ3v) is 0.175. The predicted molar refractivity (Wildman–Crippen MR) is 35.3 cm³/mol. The number of rotatable bonds is 1. The summed E-state index contributed by atoms with van der Waals surface area (Å²) in [6.45, 7) is 2.96. The standard InChI is InChI=1S/C3H4O2.2CH3.Mg/c1-2-3(4)5;;;/h2H,1H2,(H,4,5);2*1H3;. The highest BCUT2D eigenvalue weighted by Crippen LogP contribution is 1.54. The Balaban J connectivity index is 0. The number of hydrogen-bond acceptors (Lipinski definition) is 1. The molecular formula is C5H10MgO2. The summed E-state index contributed by atoms with van der Waals surface area (Å²) >= 11 is 0.417. The van der Waals surface area contributed by atoms with Gasteiger partial charge in [0.15, 0.2) is 0 Å². The molecule has 0 aliphatic carbocycles. The molecule has 0 saturated carbocycles. The van der Waals surface area contributed by atoms with Crippen LogP contribution < -0.4 is 0 Å². The van der Waals surface area contributed by atoms with Crippen LogP contribution in [0.15, 0.2) is 12.7 Å². The van der Waals surface area contributed by atoms with E-state index in [0.29, 0.717) is 20.4 Å². The van der Waals surface area contributed by atoms with Crippen molar-refractivity contribution in [2.24, 2.45) is 0 Å². The van der Waals surface area contributed by atoms with Crippen LogP contribution in [0.3, 0.4) is 0 Å². The van der Waals surface area contributed by atoms with E-state index in [-0.39, 0.29) is 0 Å². The van der Waals surface area contributed by atoms with Gasteiger partial charge in [-0.05, 0) is 0 Å². The summed E-state index contributed by atoms with van der Waals surface area (Å²) in [5.41, 5.74) is 0. The second kappa shape index (κ2) is 10.1. The largest absolute Gasteiger partial charge is 0.478 e. The molecule has 0 saturated heterocycles. The maximum atomic E-state index is 9.25. The first-order valence-corrected chi connectivity index (χ1v) is 5.37. The fourth-order valence-electron chi connectivity index (χ4n) is 0. The second-order valence-electron chi connectivity index (χ2n) is 1.25. The van der Waals surface area contributed by atoms with Crippen LogP contribution in [0.25, 0.3) is 0 Å². The molecule has 0 radical (unpaired) electrons. The summed E-state index contributed by atoms with van der Waals surface area (Å²) in [5, 5.41) is 12.1. The average Bonchev–Trinajstić information content (AvgIpc) is 1.69. The van der Waals surface area contributed by atoms with E-state index >= 15 is 0 Å². The molecule has 0 heterocycles. The van der Waals surface area contributed by atoms with E-state index in [1.807, 2.05) is 0 Å². The monoisotopic (exact) mass is 126 g/mol. The van der Waals surface area contributed by atoms with Crippen molar-refractivity contribution in [2.75, 3.05) is 0 Å².